The molecule has 0 bridgehead atoms. The number of amides is 4. The summed E-state index contributed by atoms with van der Waals surface area (Å²) in [6, 6.07) is 18.2. The van der Waals surface area contributed by atoms with Crippen LogP contribution in [-0.4, -0.2) is 37.5 Å². The minimum atomic E-state index is -0.878. The number of ether oxygens (including phenoxy) is 2. The van der Waals surface area contributed by atoms with Crippen LogP contribution >= 0.6 is 15.9 Å². The van der Waals surface area contributed by atoms with E-state index in [1.807, 2.05) is 37.3 Å². The quantitative estimate of drug-likeness (QED) is 0.250. The topological polar surface area (TPSA) is 102 Å². The Morgan fingerprint density at radius 1 is 1.00 bits per heavy atom. The van der Waals surface area contributed by atoms with Gasteiger partial charge in [-0.2, -0.15) is 0 Å². The lowest BCUT2D eigenvalue weighted by molar-refractivity contribution is -0.122. The van der Waals surface area contributed by atoms with Crippen molar-refractivity contribution < 1.29 is 28.7 Å². The van der Waals surface area contributed by atoms with E-state index in [0.717, 1.165) is 20.5 Å². The SMILES string of the molecule is CCOc1cc(/C=C2\C(=O)NC(=O)N(c3ccc(C(=O)OC)cc3)C2=O)ccc1Cc1ccccc1Br. The Labute approximate surface area is 222 Å². The highest BCUT2D eigenvalue weighted by molar-refractivity contribution is 9.10. The highest BCUT2D eigenvalue weighted by Gasteiger charge is 2.36. The molecule has 0 saturated carbocycles. The fraction of sp³-hybridized carbons (Fsp3) is 0.143. The number of hydrogen-bond acceptors (Lipinski definition) is 6. The molecule has 4 rings (SSSR count). The molecule has 1 aliphatic heterocycles. The maximum Gasteiger partial charge on any atom is 0.337 e. The first-order valence-electron chi connectivity index (χ1n) is 11.4. The molecule has 3 aromatic rings. The highest BCUT2D eigenvalue weighted by Crippen LogP contribution is 2.29. The Kier molecular flexibility index (Phi) is 7.83. The Hall–Kier alpha value is -4.24. The summed E-state index contributed by atoms with van der Waals surface area (Å²) < 4.78 is 11.5. The first kappa shape index (κ1) is 25.8. The van der Waals surface area contributed by atoms with Gasteiger partial charge in [-0.15, -0.1) is 0 Å². The van der Waals surface area contributed by atoms with E-state index in [1.165, 1.54) is 37.5 Å². The van der Waals surface area contributed by atoms with Gasteiger partial charge in [0, 0.05) is 10.9 Å². The second-order valence-electron chi connectivity index (χ2n) is 8.06. The van der Waals surface area contributed by atoms with Gasteiger partial charge in [0.2, 0.25) is 0 Å². The number of nitrogens with zero attached hydrogens (tertiary/aromatic N) is 1. The Morgan fingerprint density at radius 2 is 1.73 bits per heavy atom. The first-order valence-corrected chi connectivity index (χ1v) is 12.2. The summed E-state index contributed by atoms with van der Waals surface area (Å²) in [5.41, 5.74) is 2.84. The third-order valence-electron chi connectivity index (χ3n) is 5.69. The zero-order valence-electron chi connectivity index (χ0n) is 20.1. The molecule has 4 amide bonds. The molecule has 0 aliphatic carbocycles. The lowest BCUT2D eigenvalue weighted by atomic mass is 10.0. The number of carbonyl (C=O) groups excluding carboxylic acids is 4. The van der Waals surface area contributed by atoms with E-state index >= 15 is 0 Å². The number of rotatable bonds is 7. The summed E-state index contributed by atoms with van der Waals surface area (Å²) in [6.45, 7) is 2.31. The molecule has 1 aliphatic rings. The van der Waals surface area contributed by atoms with E-state index in [4.69, 9.17) is 4.74 Å². The van der Waals surface area contributed by atoms with Crippen LogP contribution in [0.15, 0.2) is 76.8 Å². The average Bonchev–Trinajstić information content (AvgIpc) is 2.89. The van der Waals surface area contributed by atoms with Crippen LogP contribution in [0.2, 0.25) is 0 Å². The van der Waals surface area contributed by atoms with Crippen LogP contribution in [0.1, 0.15) is 34.0 Å². The Bertz CT molecular complexity index is 1410. The molecule has 1 N–H and O–H groups in total. The number of anilines is 1. The van der Waals surface area contributed by atoms with Crippen LogP contribution in [0.4, 0.5) is 10.5 Å². The van der Waals surface area contributed by atoms with Crippen LogP contribution < -0.4 is 15.0 Å². The maximum atomic E-state index is 13.2. The third-order valence-corrected chi connectivity index (χ3v) is 6.46. The average molecular weight is 563 g/mol. The first-order chi connectivity index (χ1) is 17.8. The molecule has 0 spiro atoms. The van der Waals surface area contributed by atoms with Gasteiger partial charge in [-0.3, -0.25) is 14.9 Å². The molecular weight excluding hydrogens is 540 g/mol. The van der Waals surface area contributed by atoms with Gasteiger partial charge in [-0.05, 0) is 66.1 Å². The van der Waals surface area contributed by atoms with E-state index in [1.54, 1.807) is 12.1 Å². The molecule has 3 aromatic carbocycles. The number of urea groups is 1. The number of nitrogens with one attached hydrogen (secondary N) is 1. The summed E-state index contributed by atoms with van der Waals surface area (Å²) in [5, 5.41) is 2.20. The van der Waals surface area contributed by atoms with E-state index in [9.17, 15) is 19.2 Å². The van der Waals surface area contributed by atoms with E-state index in [0.29, 0.717) is 24.3 Å². The molecule has 8 nitrogen and oxygen atoms in total. The van der Waals surface area contributed by atoms with Gasteiger partial charge in [0.25, 0.3) is 11.8 Å². The lowest BCUT2D eigenvalue weighted by Crippen LogP contribution is -2.54. The van der Waals surface area contributed by atoms with Crippen molar-refractivity contribution in [2.45, 2.75) is 13.3 Å². The van der Waals surface area contributed by atoms with Crippen LogP contribution in [0.25, 0.3) is 6.08 Å². The fourth-order valence-electron chi connectivity index (χ4n) is 3.87. The minimum absolute atomic E-state index is 0.201. The van der Waals surface area contributed by atoms with E-state index in [2.05, 4.69) is 26.0 Å². The number of carbonyl (C=O) groups is 4. The number of esters is 1. The van der Waals surface area contributed by atoms with E-state index in [-0.39, 0.29) is 16.8 Å². The molecular formula is C28H23BrN2O6. The summed E-state index contributed by atoms with van der Waals surface area (Å²) in [5.74, 6) is -1.50. The van der Waals surface area contributed by atoms with Gasteiger partial charge in [0.15, 0.2) is 0 Å². The molecule has 9 heteroatoms. The normalized spacial score (nSPS) is 14.5. The molecule has 1 fully saturated rings. The number of hydrogen-bond donors (Lipinski definition) is 1. The second-order valence-corrected chi connectivity index (χ2v) is 8.92. The summed E-state index contributed by atoms with van der Waals surface area (Å²) in [6.07, 6.45) is 2.04. The second kappa shape index (κ2) is 11.2. The van der Waals surface area contributed by atoms with Crippen LogP contribution in [0, 0.1) is 0 Å². The van der Waals surface area contributed by atoms with Crippen molar-refractivity contribution >= 4 is 51.5 Å². The number of methoxy groups -OCH3 is 1. The van der Waals surface area contributed by atoms with Gasteiger partial charge in [-0.25, -0.2) is 14.5 Å². The highest BCUT2D eigenvalue weighted by atomic mass is 79.9. The Morgan fingerprint density at radius 3 is 2.41 bits per heavy atom. The van der Waals surface area contributed by atoms with Gasteiger partial charge >= 0.3 is 12.0 Å². The fourth-order valence-corrected chi connectivity index (χ4v) is 4.29. The number of barbiturate groups is 1. The Balaban J connectivity index is 1.65. The summed E-state index contributed by atoms with van der Waals surface area (Å²) in [4.78, 5) is 50.9. The van der Waals surface area contributed by atoms with Gasteiger partial charge in [0.05, 0.1) is 25.0 Å². The van der Waals surface area contributed by atoms with Gasteiger partial charge in [-0.1, -0.05) is 46.3 Å². The predicted octanol–water partition coefficient (Wildman–Crippen LogP) is 4.89. The number of benzene rings is 3. The molecule has 0 radical (unpaired) electrons. The molecule has 1 heterocycles. The number of halogens is 1. The molecule has 0 aromatic heterocycles. The van der Waals surface area contributed by atoms with Crippen molar-refractivity contribution in [1.29, 1.82) is 0 Å². The summed E-state index contributed by atoms with van der Waals surface area (Å²) in [7, 11) is 1.25. The standard InChI is InChI=1S/C28H23BrN2O6/c1-3-37-24-15-17(8-9-20(24)16-19-6-4-5-7-23(19)29)14-22-25(32)30-28(35)31(26(22)33)21-12-10-18(11-13-21)27(34)36-2/h4-15H,3,16H2,1-2H3,(H,30,32,35)/b22-14+. The molecule has 188 valence electrons. The van der Waals surface area contributed by atoms with Crippen LogP contribution in [-0.2, 0) is 20.7 Å². The van der Waals surface area contributed by atoms with Crippen LogP contribution in [0.3, 0.4) is 0 Å². The van der Waals surface area contributed by atoms with Crippen molar-refractivity contribution in [1.82, 2.24) is 5.32 Å². The van der Waals surface area contributed by atoms with Crippen LogP contribution in [0.5, 0.6) is 5.75 Å². The van der Waals surface area contributed by atoms with E-state index < -0.39 is 23.8 Å². The minimum Gasteiger partial charge on any atom is -0.494 e. The molecule has 37 heavy (non-hydrogen) atoms. The van der Waals surface area contributed by atoms with Gasteiger partial charge in [0.1, 0.15) is 11.3 Å². The van der Waals surface area contributed by atoms with Crippen molar-refractivity contribution in [3.05, 3.63) is 99.0 Å². The van der Waals surface area contributed by atoms with Crippen molar-refractivity contribution in [3.63, 3.8) is 0 Å². The summed E-state index contributed by atoms with van der Waals surface area (Å²) >= 11 is 3.57. The zero-order valence-corrected chi connectivity index (χ0v) is 21.7. The molecule has 1 saturated heterocycles. The molecule has 0 atom stereocenters. The largest absolute Gasteiger partial charge is 0.494 e. The monoisotopic (exact) mass is 562 g/mol. The maximum absolute atomic E-state index is 13.2. The van der Waals surface area contributed by atoms with Crippen molar-refractivity contribution in [3.8, 4) is 5.75 Å². The zero-order chi connectivity index (χ0) is 26.5. The third kappa shape index (κ3) is 5.62. The van der Waals surface area contributed by atoms with Gasteiger partial charge < -0.3 is 9.47 Å². The van der Waals surface area contributed by atoms with Crippen molar-refractivity contribution in [2.24, 2.45) is 0 Å². The predicted molar refractivity (Wildman–Crippen MR) is 141 cm³/mol. The van der Waals surface area contributed by atoms with Crippen molar-refractivity contribution in [2.75, 3.05) is 18.6 Å². The number of imide groups is 2. The molecule has 0 unspecified atom stereocenters. The lowest BCUT2D eigenvalue weighted by Gasteiger charge is -2.26. The smallest absolute Gasteiger partial charge is 0.337 e.